The number of imidazole rings is 1. The maximum Gasteiger partial charge on any atom is 0.373 e. The second kappa shape index (κ2) is 7.10. The van der Waals surface area contributed by atoms with Crippen molar-refractivity contribution >= 4 is 46.0 Å². The lowest BCUT2D eigenvalue weighted by atomic mass is 9.95. The molecule has 5 heteroatoms. The molecule has 29 heavy (non-hydrogen) atoms. The second-order valence-corrected chi connectivity index (χ2v) is 7.03. The van der Waals surface area contributed by atoms with Gasteiger partial charge in [-0.3, -0.25) is 0 Å². The number of fused-ring (bicyclic) bond motifs is 6. The molecular formula is C24H19BN2O2. The van der Waals surface area contributed by atoms with Gasteiger partial charge in [-0.25, -0.2) is 9.78 Å². The molecule has 0 N–H and O–H groups in total. The van der Waals surface area contributed by atoms with Gasteiger partial charge in [0.1, 0.15) is 6.61 Å². The zero-order chi connectivity index (χ0) is 19.8. The maximum absolute atomic E-state index is 12.9. The number of esters is 1. The van der Waals surface area contributed by atoms with Gasteiger partial charge in [0.25, 0.3) is 0 Å². The molecule has 0 aliphatic heterocycles. The van der Waals surface area contributed by atoms with Crippen molar-refractivity contribution in [1.29, 1.82) is 0 Å². The third-order valence-corrected chi connectivity index (χ3v) is 5.33. The van der Waals surface area contributed by atoms with Crippen LogP contribution in [0.2, 0.25) is 6.82 Å². The van der Waals surface area contributed by atoms with Gasteiger partial charge in [-0.2, -0.15) is 0 Å². The van der Waals surface area contributed by atoms with Crippen LogP contribution in [-0.2, 0) is 11.3 Å². The van der Waals surface area contributed by atoms with E-state index in [1.165, 1.54) is 0 Å². The molecule has 0 spiro atoms. The highest BCUT2D eigenvalue weighted by molar-refractivity contribution is 6.37. The van der Waals surface area contributed by atoms with E-state index >= 15 is 0 Å². The second-order valence-electron chi connectivity index (χ2n) is 7.03. The minimum atomic E-state index is -0.403. The molecule has 0 radical (unpaired) electrons. The molecule has 4 nitrogen and oxygen atoms in total. The fraction of sp³-hybridized carbons (Fsp3) is 0.0833. The molecule has 140 valence electrons. The lowest BCUT2D eigenvalue weighted by Crippen LogP contribution is -2.15. The summed E-state index contributed by atoms with van der Waals surface area (Å²) in [6.07, 6.45) is 0. The fourth-order valence-electron chi connectivity index (χ4n) is 4.01. The first-order chi connectivity index (χ1) is 14.3. The van der Waals surface area contributed by atoms with Gasteiger partial charge in [-0.1, -0.05) is 85.7 Å². The number of rotatable bonds is 4. The van der Waals surface area contributed by atoms with Crippen LogP contribution in [0.5, 0.6) is 0 Å². The van der Waals surface area contributed by atoms with Gasteiger partial charge in [0, 0.05) is 10.8 Å². The molecule has 5 aromatic rings. The fourth-order valence-corrected chi connectivity index (χ4v) is 4.01. The number of hydrogen-bond acceptors (Lipinski definition) is 3. The number of carbonyl (C=O) groups excluding carboxylic acids is 1. The van der Waals surface area contributed by atoms with Crippen LogP contribution in [0.1, 0.15) is 16.2 Å². The first kappa shape index (κ1) is 17.5. The number of hydrogen-bond donors (Lipinski definition) is 0. The number of ether oxygens (including phenoxy) is 1. The van der Waals surface area contributed by atoms with Crippen molar-refractivity contribution in [3.05, 3.63) is 90.3 Å². The van der Waals surface area contributed by atoms with Crippen molar-refractivity contribution < 1.29 is 9.53 Å². The van der Waals surface area contributed by atoms with Gasteiger partial charge in [-0.15, -0.1) is 0 Å². The molecule has 0 saturated carbocycles. The van der Waals surface area contributed by atoms with Gasteiger partial charge in [0.15, 0.2) is 0 Å². The van der Waals surface area contributed by atoms with Gasteiger partial charge in [0.05, 0.1) is 11.0 Å². The molecule has 0 unspecified atom stereocenters. The molecule has 0 aliphatic rings. The molecule has 0 amide bonds. The first-order valence-electron chi connectivity index (χ1n) is 9.78. The normalized spacial score (nSPS) is 11.2. The summed E-state index contributed by atoms with van der Waals surface area (Å²) in [4.78, 5) is 17.7. The predicted molar refractivity (Wildman–Crippen MR) is 119 cm³/mol. The van der Waals surface area contributed by atoms with Crippen LogP contribution in [0.4, 0.5) is 0 Å². The van der Waals surface area contributed by atoms with Crippen LogP contribution in [0.3, 0.4) is 0 Å². The van der Waals surface area contributed by atoms with Crippen molar-refractivity contribution in [2.75, 3.05) is 0 Å². The Balaban J connectivity index is 1.70. The Morgan fingerprint density at radius 2 is 1.45 bits per heavy atom. The van der Waals surface area contributed by atoms with Gasteiger partial charge in [-0.05, 0) is 16.3 Å². The Labute approximate surface area is 169 Å². The Morgan fingerprint density at radius 3 is 2.14 bits per heavy atom. The van der Waals surface area contributed by atoms with Gasteiger partial charge < -0.3 is 9.21 Å². The molecule has 1 aromatic heterocycles. The summed E-state index contributed by atoms with van der Waals surface area (Å²) in [5.74, 6) is -0.0556. The molecule has 4 aromatic carbocycles. The summed E-state index contributed by atoms with van der Waals surface area (Å²) in [5, 5.41) is 4.44. The van der Waals surface area contributed by atoms with Crippen molar-refractivity contribution in [1.82, 2.24) is 9.46 Å². The number of benzene rings is 4. The minimum absolute atomic E-state index is 0.230. The van der Waals surface area contributed by atoms with E-state index in [1.54, 1.807) is 0 Å². The van der Waals surface area contributed by atoms with Crippen LogP contribution in [0, 0.1) is 0 Å². The van der Waals surface area contributed by atoms with E-state index in [9.17, 15) is 4.79 Å². The van der Waals surface area contributed by atoms with Crippen LogP contribution in [-0.4, -0.2) is 22.8 Å². The van der Waals surface area contributed by atoms with Crippen molar-refractivity contribution in [3.63, 3.8) is 0 Å². The minimum Gasteiger partial charge on any atom is -0.455 e. The standard InChI is InChI=1S/C24H19BN2O2/c1-25-27-22-20-14-8-6-12-18(20)17-11-5-7-13-19(17)21(22)26-23(27)24(28)29-15-16-9-3-2-4-10-16/h2-14,25H,15H2,1H3. The summed E-state index contributed by atoms with van der Waals surface area (Å²) in [5.41, 5.74) is 2.78. The van der Waals surface area contributed by atoms with E-state index in [0.717, 1.165) is 38.1 Å². The number of carbonyl (C=O) groups is 1. The Bertz CT molecular complexity index is 1360. The number of nitrogens with zero attached hydrogens (tertiary/aromatic N) is 2. The van der Waals surface area contributed by atoms with E-state index < -0.39 is 5.97 Å². The SMILES string of the molecule is CBn1c(C(=O)OCc2ccccc2)nc2c3ccccc3c3ccccc3c21. The lowest BCUT2D eigenvalue weighted by Gasteiger charge is -2.10. The molecule has 0 fully saturated rings. The summed E-state index contributed by atoms with van der Waals surface area (Å²) in [6, 6.07) is 26.2. The van der Waals surface area contributed by atoms with E-state index in [-0.39, 0.29) is 6.61 Å². The number of aromatic nitrogens is 2. The van der Waals surface area contributed by atoms with Crippen molar-refractivity contribution in [3.8, 4) is 0 Å². The highest BCUT2D eigenvalue weighted by Crippen LogP contribution is 2.35. The largest absolute Gasteiger partial charge is 0.455 e. The third-order valence-electron chi connectivity index (χ3n) is 5.33. The molecule has 5 rings (SSSR count). The monoisotopic (exact) mass is 378 g/mol. The molecule has 0 bridgehead atoms. The molecule has 1 heterocycles. The third kappa shape index (κ3) is 2.86. The van der Waals surface area contributed by atoms with Gasteiger partial charge in [0.2, 0.25) is 13.2 Å². The molecule has 0 aliphatic carbocycles. The zero-order valence-corrected chi connectivity index (χ0v) is 16.1. The summed E-state index contributed by atoms with van der Waals surface area (Å²) < 4.78 is 7.56. The average molecular weight is 378 g/mol. The van der Waals surface area contributed by atoms with E-state index in [1.807, 2.05) is 65.9 Å². The summed E-state index contributed by atoms with van der Waals surface area (Å²) in [6.45, 7) is 2.26. The van der Waals surface area contributed by atoms with Gasteiger partial charge >= 0.3 is 5.97 Å². The summed E-state index contributed by atoms with van der Waals surface area (Å²) in [7, 11) is 0.634. The Hall–Kier alpha value is -3.60. The quantitative estimate of drug-likeness (QED) is 0.253. The van der Waals surface area contributed by atoms with E-state index in [4.69, 9.17) is 9.72 Å². The average Bonchev–Trinajstić information content (AvgIpc) is 3.18. The van der Waals surface area contributed by atoms with Crippen LogP contribution in [0.15, 0.2) is 78.9 Å². The maximum atomic E-state index is 12.9. The molecule has 0 atom stereocenters. The first-order valence-corrected chi connectivity index (χ1v) is 9.78. The smallest absolute Gasteiger partial charge is 0.373 e. The highest BCUT2D eigenvalue weighted by atomic mass is 16.5. The van der Waals surface area contributed by atoms with E-state index in [2.05, 4.69) is 24.3 Å². The molecular weight excluding hydrogens is 359 g/mol. The lowest BCUT2D eigenvalue weighted by molar-refractivity contribution is 0.0458. The van der Waals surface area contributed by atoms with Crippen molar-refractivity contribution in [2.24, 2.45) is 0 Å². The van der Waals surface area contributed by atoms with Crippen LogP contribution < -0.4 is 0 Å². The highest BCUT2D eigenvalue weighted by Gasteiger charge is 2.22. The Morgan fingerprint density at radius 1 is 0.862 bits per heavy atom. The molecule has 0 saturated heterocycles. The predicted octanol–water partition coefficient (Wildman–Crippen LogP) is 4.95. The summed E-state index contributed by atoms with van der Waals surface area (Å²) >= 11 is 0. The van der Waals surface area contributed by atoms with E-state index in [0.29, 0.717) is 13.2 Å². The van der Waals surface area contributed by atoms with Crippen LogP contribution in [0.25, 0.3) is 32.6 Å². The topological polar surface area (TPSA) is 44.1 Å². The van der Waals surface area contributed by atoms with Crippen LogP contribution >= 0.6 is 0 Å². The van der Waals surface area contributed by atoms with Crippen molar-refractivity contribution in [2.45, 2.75) is 13.4 Å². The Kier molecular flexibility index (Phi) is 4.28. The zero-order valence-electron chi connectivity index (χ0n) is 16.1.